The zero-order chi connectivity index (χ0) is 18.5. The molecule has 0 atom stereocenters. The van der Waals surface area contributed by atoms with Crippen molar-refractivity contribution in [2.75, 3.05) is 12.8 Å². The van der Waals surface area contributed by atoms with E-state index in [9.17, 15) is 4.79 Å². The molecule has 26 heavy (non-hydrogen) atoms. The molecule has 1 heterocycles. The Hall–Kier alpha value is -2.67. The highest BCUT2D eigenvalue weighted by Gasteiger charge is 2.14. The maximum Gasteiger partial charge on any atom is 0.233 e. The van der Waals surface area contributed by atoms with E-state index in [1.54, 1.807) is 9.58 Å². The van der Waals surface area contributed by atoms with Gasteiger partial charge < -0.3 is 4.90 Å². The molecule has 0 aliphatic rings. The lowest BCUT2D eigenvalue weighted by atomic mass is 10.1. The van der Waals surface area contributed by atoms with Crippen LogP contribution in [0.4, 0.5) is 0 Å². The second-order valence-electron chi connectivity index (χ2n) is 6.23. The minimum atomic E-state index is 0.0361. The summed E-state index contributed by atoms with van der Waals surface area (Å²) in [6.45, 7) is 4.66. The standard InChI is InChI=1S/C19H21N5OS/c1-14-4-8-16(9-5-14)12-23(3)18(25)13-26-19-20-21-22-24(19)17-10-6-15(2)7-11-17/h4-11H,12-13H2,1-3H3. The molecule has 3 aromatic rings. The molecular formula is C19H21N5OS. The first-order valence-electron chi connectivity index (χ1n) is 8.30. The molecular weight excluding hydrogens is 346 g/mol. The van der Waals surface area contributed by atoms with Gasteiger partial charge in [0.2, 0.25) is 11.1 Å². The van der Waals surface area contributed by atoms with Crippen LogP contribution in [-0.2, 0) is 11.3 Å². The van der Waals surface area contributed by atoms with Crippen LogP contribution < -0.4 is 0 Å². The van der Waals surface area contributed by atoms with E-state index in [-0.39, 0.29) is 11.7 Å². The van der Waals surface area contributed by atoms with Crippen LogP contribution in [0.3, 0.4) is 0 Å². The Morgan fingerprint density at radius 3 is 2.31 bits per heavy atom. The van der Waals surface area contributed by atoms with E-state index in [4.69, 9.17) is 0 Å². The number of aryl methyl sites for hydroxylation is 2. The molecule has 6 nitrogen and oxygen atoms in total. The predicted molar refractivity (Wildman–Crippen MR) is 102 cm³/mol. The summed E-state index contributed by atoms with van der Waals surface area (Å²) in [4.78, 5) is 14.1. The largest absolute Gasteiger partial charge is 0.341 e. The Morgan fingerprint density at radius 1 is 1.04 bits per heavy atom. The number of hydrogen-bond donors (Lipinski definition) is 0. The van der Waals surface area contributed by atoms with Gasteiger partial charge in [-0.1, -0.05) is 59.3 Å². The van der Waals surface area contributed by atoms with E-state index in [0.29, 0.717) is 11.7 Å². The highest BCUT2D eigenvalue weighted by atomic mass is 32.2. The van der Waals surface area contributed by atoms with Gasteiger partial charge in [-0.3, -0.25) is 4.79 Å². The first-order chi connectivity index (χ1) is 12.5. The molecule has 0 radical (unpaired) electrons. The zero-order valence-electron chi connectivity index (χ0n) is 15.1. The van der Waals surface area contributed by atoms with Gasteiger partial charge in [0.15, 0.2) is 0 Å². The Balaban J connectivity index is 1.60. The van der Waals surface area contributed by atoms with Gasteiger partial charge in [-0.15, -0.1) is 5.10 Å². The maximum absolute atomic E-state index is 12.4. The fourth-order valence-corrected chi connectivity index (χ4v) is 3.24. The van der Waals surface area contributed by atoms with Crippen molar-refractivity contribution < 1.29 is 4.79 Å². The van der Waals surface area contributed by atoms with Crippen LogP contribution in [0.15, 0.2) is 53.7 Å². The SMILES string of the molecule is Cc1ccc(CN(C)C(=O)CSc2nnnn2-c2ccc(C)cc2)cc1. The first-order valence-corrected chi connectivity index (χ1v) is 9.29. The van der Waals surface area contributed by atoms with Gasteiger partial charge in [-0.05, 0) is 42.0 Å². The van der Waals surface area contributed by atoms with Crippen LogP contribution in [0.5, 0.6) is 0 Å². The van der Waals surface area contributed by atoms with Gasteiger partial charge in [0.1, 0.15) is 0 Å². The van der Waals surface area contributed by atoms with Crippen LogP contribution in [0, 0.1) is 13.8 Å². The Kier molecular flexibility index (Phi) is 5.68. The van der Waals surface area contributed by atoms with Crippen molar-refractivity contribution in [3.8, 4) is 5.69 Å². The number of amides is 1. The second kappa shape index (κ2) is 8.14. The van der Waals surface area contributed by atoms with E-state index in [1.807, 2.05) is 57.3 Å². The van der Waals surface area contributed by atoms with Crippen molar-refractivity contribution in [1.82, 2.24) is 25.1 Å². The monoisotopic (exact) mass is 367 g/mol. The molecule has 134 valence electrons. The predicted octanol–water partition coefficient (Wildman–Crippen LogP) is 3.03. The number of aromatic nitrogens is 4. The summed E-state index contributed by atoms with van der Waals surface area (Å²) in [7, 11) is 1.81. The third kappa shape index (κ3) is 4.49. The highest BCUT2D eigenvalue weighted by molar-refractivity contribution is 7.99. The number of carbonyl (C=O) groups excluding carboxylic acids is 1. The Bertz CT molecular complexity index is 874. The molecule has 0 saturated heterocycles. The van der Waals surface area contributed by atoms with E-state index < -0.39 is 0 Å². The summed E-state index contributed by atoms with van der Waals surface area (Å²) < 4.78 is 1.65. The molecule has 1 aromatic heterocycles. The fourth-order valence-electron chi connectivity index (χ4n) is 2.41. The molecule has 0 bridgehead atoms. The summed E-state index contributed by atoms with van der Waals surface area (Å²) in [6, 6.07) is 16.1. The van der Waals surface area contributed by atoms with Gasteiger partial charge in [-0.25, -0.2) is 0 Å². The minimum absolute atomic E-state index is 0.0361. The molecule has 0 aliphatic carbocycles. The topological polar surface area (TPSA) is 63.9 Å². The lowest BCUT2D eigenvalue weighted by molar-refractivity contribution is -0.127. The molecule has 7 heteroatoms. The third-order valence-electron chi connectivity index (χ3n) is 4.01. The van der Waals surface area contributed by atoms with Crippen LogP contribution in [0.2, 0.25) is 0 Å². The molecule has 0 aliphatic heterocycles. The number of tetrazole rings is 1. The molecule has 0 spiro atoms. The summed E-state index contributed by atoms with van der Waals surface area (Å²) >= 11 is 1.34. The Labute approximate surface area is 157 Å². The average molecular weight is 367 g/mol. The van der Waals surface area contributed by atoms with Gasteiger partial charge in [0, 0.05) is 13.6 Å². The smallest absolute Gasteiger partial charge is 0.233 e. The summed E-state index contributed by atoms with van der Waals surface area (Å²) in [5.74, 6) is 0.322. The van der Waals surface area contributed by atoms with E-state index in [1.165, 1.54) is 22.9 Å². The van der Waals surface area contributed by atoms with Crippen molar-refractivity contribution in [1.29, 1.82) is 0 Å². The molecule has 0 N–H and O–H groups in total. The molecule has 0 saturated carbocycles. The maximum atomic E-state index is 12.4. The number of benzene rings is 2. The third-order valence-corrected chi connectivity index (χ3v) is 4.91. The Morgan fingerprint density at radius 2 is 1.65 bits per heavy atom. The number of rotatable bonds is 6. The van der Waals surface area contributed by atoms with Crippen molar-refractivity contribution in [3.63, 3.8) is 0 Å². The van der Waals surface area contributed by atoms with Crippen molar-refractivity contribution >= 4 is 17.7 Å². The minimum Gasteiger partial charge on any atom is -0.341 e. The van der Waals surface area contributed by atoms with Crippen LogP contribution in [0.25, 0.3) is 5.69 Å². The van der Waals surface area contributed by atoms with Crippen molar-refractivity contribution in [3.05, 3.63) is 65.2 Å². The van der Waals surface area contributed by atoms with Crippen molar-refractivity contribution in [2.45, 2.75) is 25.5 Å². The molecule has 3 rings (SSSR count). The van der Waals surface area contributed by atoms with E-state index in [0.717, 1.165) is 11.3 Å². The molecule has 1 amide bonds. The normalized spacial score (nSPS) is 10.7. The van der Waals surface area contributed by atoms with Crippen LogP contribution in [-0.4, -0.2) is 43.8 Å². The van der Waals surface area contributed by atoms with Gasteiger partial charge >= 0.3 is 0 Å². The first kappa shape index (κ1) is 18.1. The van der Waals surface area contributed by atoms with Gasteiger partial charge in [-0.2, -0.15) is 4.68 Å². The molecule has 0 fully saturated rings. The van der Waals surface area contributed by atoms with Crippen molar-refractivity contribution in [2.24, 2.45) is 0 Å². The number of thioether (sulfide) groups is 1. The van der Waals surface area contributed by atoms with Gasteiger partial charge in [0.25, 0.3) is 0 Å². The lowest BCUT2D eigenvalue weighted by Crippen LogP contribution is -2.27. The van der Waals surface area contributed by atoms with E-state index >= 15 is 0 Å². The highest BCUT2D eigenvalue weighted by Crippen LogP contribution is 2.19. The van der Waals surface area contributed by atoms with E-state index in [2.05, 4.69) is 27.7 Å². The summed E-state index contributed by atoms with van der Waals surface area (Å²) in [6.07, 6.45) is 0. The fraction of sp³-hybridized carbons (Fsp3) is 0.263. The van der Waals surface area contributed by atoms with Crippen LogP contribution in [0.1, 0.15) is 16.7 Å². The average Bonchev–Trinajstić information content (AvgIpc) is 3.10. The lowest BCUT2D eigenvalue weighted by Gasteiger charge is -2.17. The number of carbonyl (C=O) groups is 1. The quantitative estimate of drug-likeness (QED) is 0.627. The van der Waals surface area contributed by atoms with Crippen LogP contribution >= 0.6 is 11.8 Å². The van der Waals surface area contributed by atoms with Gasteiger partial charge in [0.05, 0.1) is 11.4 Å². The summed E-state index contributed by atoms with van der Waals surface area (Å²) in [5.41, 5.74) is 4.37. The number of hydrogen-bond acceptors (Lipinski definition) is 5. The number of nitrogens with zero attached hydrogens (tertiary/aromatic N) is 5. The second-order valence-corrected chi connectivity index (χ2v) is 7.18. The zero-order valence-corrected chi connectivity index (χ0v) is 15.9. The summed E-state index contributed by atoms with van der Waals surface area (Å²) in [5, 5.41) is 12.4. The molecule has 2 aromatic carbocycles. The molecule has 0 unspecified atom stereocenters.